The molecule has 0 aliphatic heterocycles. The topological polar surface area (TPSA) is 12.0 Å². The average Bonchev–Trinajstić information content (AvgIpc) is 2.25. The zero-order valence-corrected chi connectivity index (χ0v) is 12.7. The van der Waals surface area contributed by atoms with Gasteiger partial charge in [-0.1, -0.05) is 72.6 Å². The highest BCUT2D eigenvalue weighted by Crippen LogP contribution is 2.11. The minimum Gasteiger partial charge on any atom is -0.316 e. The van der Waals surface area contributed by atoms with Crippen LogP contribution in [-0.4, -0.2) is 13.1 Å². The molecule has 1 nitrogen and oxygen atoms in total. The molecule has 0 saturated heterocycles. The molecular weight excluding hydrogens is 206 g/mol. The fourth-order valence-electron chi connectivity index (χ4n) is 2.08. The van der Waals surface area contributed by atoms with Crippen molar-refractivity contribution >= 4 is 0 Å². The maximum atomic E-state index is 3.51. The lowest BCUT2D eigenvalue weighted by atomic mass is 10.0. The first-order chi connectivity index (χ1) is 8.13. The van der Waals surface area contributed by atoms with E-state index in [0.717, 1.165) is 11.8 Å². The van der Waals surface area contributed by atoms with Crippen LogP contribution < -0.4 is 5.32 Å². The van der Waals surface area contributed by atoms with Crippen LogP contribution in [0.15, 0.2) is 0 Å². The van der Waals surface area contributed by atoms with Crippen LogP contribution in [0.4, 0.5) is 0 Å². The third-order valence-corrected chi connectivity index (χ3v) is 3.19. The Bertz CT molecular complexity index is 130. The Kier molecular flexibility index (Phi) is 12.4. The van der Waals surface area contributed by atoms with Crippen molar-refractivity contribution in [1.82, 2.24) is 5.32 Å². The third-order valence-electron chi connectivity index (χ3n) is 3.19. The lowest BCUT2D eigenvalue weighted by Crippen LogP contribution is -2.20. The van der Waals surface area contributed by atoms with E-state index in [0.29, 0.717) is 0 Å². The highest BCUT2D eigenvalue weighted by Gasteiger charge is 1.95. The Hall–Kier alpha value is -0.0400. The van der Waals surface area contributed by atoms with Gasteiger partial charge in [0.25, 0.3) is 0 Å². The monoisotopic (exact) mass is 243 g/mol. The second-order valence-corrected chi connectivity index (χ2v) is 6.26. The van der Waals surface area contributed by atoms with Crippen molar-refractivity contribution in [2.75, 3.05) is 13.1 Å². The fourth-order valence-corrected chi connectivity index (χ4v) is 2.08. The van der Waals surface area contributed by atoms with E-state index in [9.17, 15) is 0 Å². The minimum atomic E-state index is 0. The molecule has 106 valence electrons. The predicted octanol–water partition coefficient (Wildman–Crippen LogP) is 5.25. The first-order valence-electron chi connectivity index (χ1n) is 7.83. The molecule has 0 bridgehead atoms. The van der Waals surface area contributed by atoms with Gasteiger partial charge in [0.2, 0.25) is 0 Å². The lowest BCUT2D eigenvalue weighted by molar-refractivity contribution is 0.499. The summed E-state index contributed by atoms with van der Waals surface area (Å²) < 4.78 is 0. The molecule has 0 aromatic rings. The second kappa shape index (κ2) is 12.4. The van der Waals surface area contributed by atoms with Gasteiger partial charge >= 0.3 is 0 Å². The van der Waals surface area contributed by atoms with Gasteiger partial charge in [0.05, 0.1) is 0 Å². The predicted molar refractivity (Wildman–Crippen MR) is 81.6 cm³/mol. The fraction of sp³-hybridized carbons (Fsp3) is 1.00. The van der Waals surface area contributed by atoms with Gasteiger partial charge in [0.1, 0.15) is 0 Å². The molecule has 0 rings (SSSR count). The van der Waals surface area contributed by atoms with Crippen LogP contribution in [0.2, 0.25) is 0 Å². The van der Waals surface area contributed by atoms with Gasteiger partial charge in [-0.05, 0) is 31.3 Å². The molecule has 0 aliphatic carbocycles. The number of nitrogens with one attached hydrogen (secondary N) is 1. The first kappa shape index (κ1) is 17.0. The lowest BCUT2D eigenvalue weighted by Gasteiger charge is -2.07. The molecule has 0 amide bonds. The summed E-state index contributed by atoms with van der Waals surface area (Å²) in [5.41, 5.74) is 0. The normalized spacial score (nSPS) is 11.6. The van der Waals surface area contributed by atoms with Crippen molar-refractivity contribution < 1.29 is 1.43 Å². The van der Waals surface area contributed by atoms with Crippen molar-refractivity contribution in [3.05, 3.63) is 0 Å². The molecule has 0 aromatic carbocycles. The van der Waals surface area contributed by atoms with Crippen LogP contribution in [0.3, 0.4) is 0 Å². The van der Waals surface area contributed by atoms with E-state index in [1.165, 1.54) is 64.5 Å². The van der Waals surface area contributed by atoms with Crippen LogP contribution >= 0.6 is 0 Å². The van der Waals surface area contributed by atoms with Crippen molar-refractivity contribution in [2.24, 2.45) is 11.8 Å². The summed E-state index contributed by atoms with van der Waals surface area (Å²) in [6, 6.07) is 0. The molecule has 0 saturated carbocycles. The molecule has 0 radical (unpaired) electrons. The van der Waals surface area contributed by atoms with Gasteiger partial charge in [-0.2, -0.15) is 0 Å². The van der Waals surface area contributed by atoms with E-state index >= 15 is 0 Å². The Balaban J connectivity index is 0. The SMILES string of the molecule is CC(C)CCCCCCCCCNCC(C)C.[HH]. The van der Waals surface area contributed by atoms with Gasteiger partial charge in [-0.3, -0.25) is 0 Å². The molecule has 0 fully saturated rings. The largest absolute Gasteiger partial charge is 0.316 e. The minimum absolute atomic E-state index is 0. The van der Waals surface area contributed by atoms with E-state index in [-0.39, 0.29) is 1.43 Å². The number of unbranched alkanes of at least 4 members (excludes halogenated alkanes) is 6. The summed E-state index contributed by atoms with van der Waals surface area (Å²) in [5.74, 6) is 1.68. The summed E-state index contributed by atoms with van der Waals surface area (Å²) in [6.07, 6.45) is 11.4. The van der Waals surface area contributed by atoms with Gasteiger partial charge < -0.3 is 5.32 Å². The van der Waals surface area contributed by atoms with Crippen LogP contribution in [0, 0.1) is 11.8 Å². The Morgan fingerprint density at radius 1 is 0.706 bits per heavy atom. The first-order valence-corrected chi connectivity index (χ1v) is 7.83. The van der Waals surface area contributed by atoms with E-state index < -0.39 is 0 Å². The van der Waals surface area contributed by atoms with E-state index in [4.69, 9.17) is 0 Å². The van der Waals surface area contributed by atoms with Gasteiger partial charge in [-0.15, -0.1) is 0 Å². The maximum Gasteiger partial charge on any atom is 0 e. The Morgan fingerprint density at radius 2 is 1.24 bits per heavy atom. The molecule has 17 heavy (non-hydrogen) atoms. The number of hydrogen-bond acceptors (Lipinski definition) is 1. The van der Waals surface area contributed by atoms with Crippen molar-refractivity contribution in [2.45, 2.75) is 79.1 Å². The third kappa shape index (κ3) is 16.0. The number of rotatable bonds is 12. The average molecular weight is 243 g/mol. The summed E-state index contributed by atoms with van der Waals surface area (Å²) >= 11 is 0. The molecule has 0 spiro atoms. The molecule has 0 heterocycles. The standard InChI is InChI=1S/C16H35N.H2/c1-15(2)12-10-8-6-5-7-9-11-13-17-14-16(3)4;/h15-17H,5-14H2,1-4H3;1H. The summed E-state index contributed by atoms with van der Waals surface area (Å²) in [7, 11) is 0. The van der Waals surface area contributed by atoms with Crippen LogP contribution in [-0.2, 0) is 0 Å². The quantitative estimate of drug-likeness (QED) is 0.461. The zero-order chi connectivity index (χ0) is 12.9. The van der Waals surface area contributed by atoms with Crippen LogP contribution in [0.1, 0.15) is 80.5 Å². The number of hydrogen-bond donors (Lipinski definition) is 1. The molecule has 0 atom stereocenters. The molecule has 0 aliphatic rings. The van der Waals surface area contributed by atoms with E-state index in [2.05, 4.69) is 33.0 Å². The molecule has 1 heteroatoms. The highest BCUT2D eigenvalue weighted by molar-refractivity contribution is 4.53. The van der Waals surface area contributed by atoms with Crippen molar-refractivity contribution in [1.29, 1.82) is 0 Å². The van der Waals surface area contributed by atoms with E-state index in [1.807, 2.05) is 0 Å². The molecule has 0 unspecified atom stereocenters. The smallest absolute Gasteiger partial charge is 0 e. The zero-order valence-electron chi connectivity index (χ0n) is 12.7. The van der Waals surface area contributed by atoms with Gasteiger partial charge in [0, 0.05) is 1.43 Å². The molecule has 1 N–H and O–H groups in total. The van der Waals surface area contributed by atoms with Crippen molar-refractivity contribution in [3.63, 3.8) is 0 Å². The van der Waals surface area contributed by atoms with Gasteiger partial charge in [-0.25, -0.2) is 0 Å². The van der Waals surface area contributed by atoms with Gasteiger partial charge in [0.15, 0.2) is 0 Å². The van der Waals surface area contributed by atoms with Crippen LogP contribution in [0.25, 0.3) is 0 Å². The highest BCUT2D eigenvalue weighted by atomic mass is 14.8. The second-order valence-electron chi connectivity index (χ2n) is 6.26. The van der Waals surface area contributed by atoms with Crippen LogP contribution in [0.5, 0.6) is 0 Å². The van der Waals surface area contributed by atoms with E-state index in [1.54, 1.807) is 0 Å². The summed E-state index contributed by atoms with van der Waals surface area (Å²) in [6.45, 7) is 11.6. The van der Waals surface area contributed by atoms with Crippen molar-refractivity contribution in [3.8, 4) is 0 Å². The molecule has 0 aromatic heterocycles. The maximum absolute atomic E-state index is 3.51. The summed E-state index contributed by atoms with van der Waals surface area (Å²) in [5, 5.41) is 3.51. The Labute approximate surface area is 111 Å². The Morgan fingerprint density at radius 3 is 1.76 bits per heavy atom. The molecular formula is C16H37N. The summed E-state index contributed by atoms with van der Waals surface area (Å²) in [4.78, 5) is 0.